The van der Waals surface area contributed by atoms with Gasteiger partial charge in [0, 0.05) is 17.5 Å². The van der Waals surface area contributed by atoms with E-state index in [1.165, 1.54) is 11.3 Å². The molecule has 0 aromatic carbocycles. The van der Waals surface area contributed by atoms with Crippen LogP contribution in [-0.4, -0.2) is 29.4 Å². The van der Waals surface area contributed by atoms with Crippen molar-refractivity contribution in [3.63, 3.8) is 0 Å². The predicted octanol–water partition coefficient (Wildman–Crippen LogP) is 2.62. The van der Waals surface area contributed by atoms with Gasteiger partial charge in [-0.3, -0.25) is 10.1 Å². The Morgan fingerprint density at radius 3 is 2.79 bits per heavy atom. The molecular weight excluding hydrogens is 296 g/mol. The summed E-state index contributed by atoms with van der Waals surface area (Å²) in [5.74, 6) is -2.91. The van der Waals surface area contributed by atoms with E-state index in [-0.39, 0.29) is 12.4 Å². The monoisotopic (exact) mass is 311 g/mol. The highest BCUT2D eigenvalue weighted by atomic mass is 35.5. The maximum atomic E-state index is 12.9. The summed E-state index contributed by atoms with van der Waals surface area (Å²) in [4.78, 5) is 16.8. The SMILES string of the molecule is CC(C)c1cnc(NC(=O)C2CC(F)(F)CN2)s1.Cl. The van der Waals surface area contributed by atoms with E-state index in [4.69, 9.17) is 0 Å². The van der Waals surface area contributed by atoms with Crippen LogP contribution in [0.1, 0.15) is 31.1 Å². The summed E-state index contributed by atoms with van der Waals surface area (Å²) < 4.78 is 25.9. The number of aromatic nitrogens is 1. The molecule has 4 nitrogen and oxygen atoms in total. The van der Waals surface area contributed by atoms with Gasteiger partial charge < -0.3 is 5.32 Å². The highest BCUT2D eigenvalue weighted by molar-refractivity contribution is 7.15. The first-order valence-electron chi connectivity index (χ1n) is 5.75. The van der Waals surface area contributed by atoms with Crippen LogP contribution in [0.3, 0.4) is 0 Å². The zero-order chi connectivity index (χ0) is 13.3. The average molecular weight is 312 g/mol. The number of nitrogens with one attached hydrogen (secondary N) is 2. The number of anilines is 1. The number of hydrogen-bond acceptors (Lipinski definition) is 4. The Kier molecular flexibility index (Phi) is 5.23. The van der Waals surface area contributed by atoms with Crippen LogP contribution in [0, 0.1) is 0 Å². The Labute approximate surface area is 120 Å². The first-order valence-corrected chi connectivity index (χ1v) is 6.57. The molecule has 1 amide bonds. The lowest BCUT2D eigenvalue weighted by Crippen LogP contribution is -2.35. The normalized spacial score (nSPS) is 21.2. The van der Waals surface area contributed by atoms with Crippen molar-refractivity contribution in [1.82, 2.24) is 10.3 Å². The first kappa shape index (κ1) is 16.3. The molecule has 1 aliphatic rings. The molecule has 108 valence electrons. The van der Waals surface area contributed by atoms with Crippen molar-refractivity contribution in [2.45, 2.75) is 38.2 Å². The number of alkyl halides is 2. The van der Waals surface area contributed by atoms with E-state index in [0.29, 0.717) is 11.0 Å². The summed E-state index contributed by atoms with van der Waals surface area (Å²) in [6.45, 7) is 3.61. The second-order valence-corrected chi connectivity index (χ2v) is 5.77. The second kappa shape index (κ2) is 6.11. The van der Waals surface area contributed by atoms with Crippen molar-refractivity contribution in [2.75, 3.05) is 11.9 Å². The fraction of sp³-hybridized carbons (Fsp3) is 0.636. The van der Waals surface area contributed by atoms with Crippen molar-refractivity contribution >= 4 is 34.8 Å². The zero-order valence-electron chi connectivity index (χ0n) is 10.6. The Morgan fingerprint density at radius 1 is 1.63 bits per heavy atom. The largest absolute Gasteiger partial charge is 0.301 e. The molecule has 2 heterocycles. The van der Waals surface area contributed by atoms with Crippen LogP contribution in [0.4, 0.5) is 13.9 Å². The van der Waals surface area contributed by atoms with Crippen LogP contribution >= 0.6 is 23.7 Å². The summed E-state index contributed by atoms with van der Waals surface area (Å²) in [5.41, 5.74) is 0. The van der Waals surface area contributed by atoms with Gasteiger partial charge in [-0.25, -0.2) is 13.8 Å². The van der Waals surface area contributed by atoms with Crippen LogP contribution in [0.15, 0.2) is 6.20 Å². The Bertz CT molecular complexity index is 453. The average Bonchev–Trinajstić information content (AvgIpc) is 2.84. The summed E-state index contributed by atoms with van der Waals surface area (Å²) in [6, 6.07) is -0.841. The highest BCUT2D eigenvalue weighted by Gasteiger charge is 2.42. The van der Waals surface area contributed by atoms with Gasteiger partial charge in [0.25, 0.3) is 5.92 Å². The van der Waals surface area contributed by atoms with E-state index in [1.54, 1.807) is 6.20 Å². The van der Waals surface area contributed by atoms with Crippen molar-refractivity contribution in [1.29, 1.82) is 0 Å². The summed E-state index contributed by atoms with van der Waals surface area (Å²) in [7, 11) is 0. The quantitative estimate of drug-likeness (QED) is 0.902. The molecule has 8 heteroatoms. The van der Waals surface area contributed by atoms with Crippen LogP contribution < -0.4 is 10.6 Å². The lowest BCUT2D eigenvalue weighted by molar-refractivity contribution is -0.118. The second-order valence-electron chi connectivity index (χ2n) is 4.71. The number of carbonyl (C=O) groups is 1. The molecule has 0 spiro atoms. The standard InChI is InChI=1S/C11H15F2N3OS.ClH/c1-6(2)8-4-14-10(18-8)16-9(17)7-3-11(12,13)5-15-7;/h4,6-7,15H,3,5H2,1-2H3,(H,14,16,17);1H. The van der Waals surface area contributed by atoms with Crippen molar-refractivity contribution < 1.29 is 13.6 Å². The molecule has 1 unspecified atom stereocenters. The number of carbonyl (C=O) groups excluding carboxylic acids is 1. The minimum absolute atomic E-state index is 0. The van der Waals surface area contributed by atoms with E-state index in [0.717, 1.165) is 4.88 Å². The first-order chi connectivity index (χ1) is 8.37. The molecule has 0 radical (unpaired) electrons. The van der Waals surface area contributed by atoms with Gasteiger partial charge in [-0.05, 0) is 5.92 Å². The van der Waals surface area contributed by atoms with E-state index < -0.39 is 30.8 Å². The van der Waals surface area contributed by atoms with Crippen LogP contribution in [0.25, 0.3) is 0 Å². The van der Waals surface area contributed by atoms with Crippen LogP contribution in [-0.2, 0) is 4.79 Å². The van der Waals surface area contributed by atoms with E-state index in [1.807, 2.05) is 13.8 Å². The predicted molar refractivity (Wildman–Crippen MR) is 73.4 cm³/mol. The lowest BCUT2D eigenvalue weighted by atomic mass is 10.2. The molecule has 1 aliphatic heterocycles. The Balaban J connectivity index is 0.00000180. The van der Waals surface area contributed by atoms with Crippen molar-refractivity contribution in [3.05, 3.63) is 11.1 Å². The fourth-order valence-electron chi connectivity index (χ4n) is 1.70. The molecular formula is C11H16ClF2N3OS. The smallest absolute Gasteiger partial charge is 0.262 e. The minimum atomic E-state index is -2.80. The molecule has 19 heavy (non-hydrogen) atoms. The molecule has 1 aromatic heterocycles. The van der Waals surface area contributed by atoms with Gasteiger partial charge in [0.05, 0.1) is 12.6 Å². The zero-order valence-corrected chi connectivity index (χ0v) is 12.2. The van der Waals surface area contributed by atoms with Gasteiger partial charge in [-0.1, -0.05) is 13.8 Å². The van der Waals surface area contributed by atoms with Gasteiger partial charge in [0.15, 0.2) is 5.13 Å². The number of halogens is 3. The third kappa shape index (κ3) is 4.09. The van der Waals surface area contributed by atoms with Gasteiger partial charge >= 0.3 is 0 Å². The van der Waals surface area contributed by atoms with Crippen LogP contribution in [0.5, 0.6) is 0 Å². The molecule has 2 N–H and O–H groups in total. The maximum Gasteiger partial charge on any atom is 0.262 e. The van der Waals surface area contributed by atoms with Gasteiger partial charge in [0.2, 0.25) is 5.91 Å². The molecule has 0 aliphatic carbocycles. The number of amides is 1. The molecule has 1 atom stereocenters. The number of nitrogens with zero attached hydrogens (tertiary/aromatic N) is 1. The van der Waals surface area contributed by atoms with E-state index in [2.05, 4.69) is 15.6 Å². The molecule has 0 saturated carbocycles. The number of hydrogen-bond donors (Lipinski definition) is 2. The maximum absolute atomic E-state index is 12.9. The summed E-state index contributed by atoms with van der Waals surface area (Å²) in [6.07, 6.45) is 1.24. The van der Waals surface area contributed by atoms with Crippen LogP contribution in [0.2, 0.25) is 0 Å². The summed E-state index contributed by atoms with van der Waals surface area (Å²) >= 11 is 1.37. The molecule has 0 bridgehead atoms. The number of rotatable bonds is 3. The van der Waals surface area contributed by atoms with E-state index >= 15 is 0 Å². The molecule has 2 rings (SSSR count). The Hall–Kier alpha value is -0.790. The summed E-state index contributed by atoms with van der Waals surface area (Å²) in [5, 5.41) is 5.54. The van der Waals surface area contributed by atoms with Crippen molar-refractivity contribution in [2.24, 2.45) is 0 Å². The topological polar surface area (TPSA) is 54.0 Å². The fourth-order valence-corrected chi connectivity index (χ4v) is 2.53. The lowest BCUT2D eigenvalue weighted by Gasteiger charge is -2.09. The Morgan fingerprint density at radius 2 is 2.32 bits per heavy atom. The minimum Gasteiger partial charge on any atom is -0.301 e. The van der Waals surface area contributed by atoms with Gasteiger partial charge in [-0.2, -0.15) is 0 Å². The third-order valence-corrected chi connectivity index (χ3v) is 3.96. The van der Waals surface area contributed by atoms with Gasteiger partial charge in [0.1, 0.15) is 0 Å². The molecule has 1 aromatic rings. The van der Waals surface area contributed by atoms with Crippen molar-refractivity contribution in [3.8, 4) is 0 Å². The molecule has 1 saturated heterocycles. The van der Waals surface area contributed by atoms with Gasteiger partial charge in [-0.15, -0.1) is 23.7 Å². The molecule has 1 fully saturated rings. The third-order valence-electron chi connectivity index (χ3n) is 2.75. The highest BCUT2D eigenvalue weighted by Crippen LogP contribution is 2.28. The number of thiazole rings is 1. The van der Waals surface area contributed by atoms with E-state index in [9.17, 15) is 13.6 Å².